The van der Waals surface area contributed by atoms with Gasteiger partial charge in [-0.2, -0.15) is 0 Å². The first-order valence-corrected chi connectivity index (χ1v) is 7.99. The van der Waals surface area contributed by atoms with Crippen LogP contribution in [0.15, 0.2) is 0 Å². The van der Waals surface area contributed by atoms with E-state index in [0.717, 1.165) is 43.7 Å². The Labute approximate surface area is 131 Å². The summed E-state index contributed by atoms with van der Waals surface area (Å²) >= 11 is 0. The van der Waals surface area contributed by atoms with Crippen molar-refractivity contribution in [3.63, 3.8) is 0 Å². The summed E-state index contributed by atoms with van der Waals surface area (Å²) in [5.41, 5.74) is 1.70. The highest BCUT2D eigenvalue weighted by Crippen LogP contribution is 2.21. The van der Waals surface area contributed by atoms with Crippen LogP contribution in [0.5, 0.6) is 0 Å². The van der Waals surface area contributed by atoms with E-state index in [1.807, 2.05) is 25.6 Å². The van der Waals surface area contributed by atoms with E-state index >= 15 is 0 Å². The van der Waals surface area contributed by atoms with E-state index in [4.69, 9.17) is 4.74 Å². The molecule has 2 aliphatic rings. The number of rotatable bonds is 3. The number of fused-ring (bicyclic) bond motifs is 1. The molecule has 1 atom stereocenters. The van der Waals surface area contributed by atoms with Gasteiger partial charge in [-0.1, -0.05) is 5.21 Å². The highest BCUT2D eigenvalue weighted by Gasteiger charge is 2.37. The maximum atomic E-state index is 12.7. The fourth-order valence-corrected chi connectivity index (χ4v) is 3.26. The highest BCUT2D eigenvalue weighted by molar-refractivity contribution is 5.85. The average molecular weight is 307 g/mol. The van der Waals surface area contributed by atoms with Gasteiger partial charge < -0.3 is 10.1 Å². The van der Waals surface area contributed by atoms with Gasteiger partial charge in [-0.3, -0.25) is 14.4 Å². The number of amides is 1. The largest absolute Gasteiger partial charge is 0.379 e. The van der Waals surface area contributed by atoms with Gasteiger partial charge in [0.05, 0.1) is 30.1 Å². The standard InChI is InChI=1S/C15H25N5O2/c1-15(2,20-6-8-22-9-7-20)14(21)16-11-4-5-12-13(10-11)19(3)18-17-12/h11H,4-10H2,1-3H3,(H,16,21)/t11-/m0/s1. The van der Waals surface area contributed by atoms with Gasteiger partial charge in [0.25, 0.3) is 0 Å². The van der Waals surface area contributed by atoms with Crippen molar-refractivity contribution in [1.82, 2.24) is 25.2 Å². The topological polar surface area (TPSA) is 72.3 Å². The van der Waals surface area contributed by atoms with E-state index in [2.05, 4.69) is 20.5 Å². The first-order valence-electron chi connectivity index (χ1n) is 7.99. The summed E-state index contributed by atoms with van der Waals surface area (Å²) in [6.45, 7) is 7.00. The quantitative estimate of drug-likeness (QED) is 0.844. The maximum absolute atomic E-state index is 12.7. The number of aryl methyl sites for hydroxylation is 2. The van der Waals surface area contributed by atoms with Gasteiger partial charge in [0.2, 0.25) is 5.91 Å². The minimum atomic E-state index is -0.505. The van der Waals surface area contributed by atoms with Crippen molar-refractivity contribution in [3.05, 3.63) is 11.4 Å². The van der Waals surface area contributed by atoms with Crippen LogP contribution in [-0.2, 0) is 29.4 Å². The van der Waals surface area contributed by atoms with Crippen molar-refractivity contribution in [1.29, 1.82) is 0 Å². The van der Waals surface area contributed by atoms with E-state index in [0.29, 0.717) is 13.2 Å². The van der Waals surface area contributed by atoms with Crippen molar-refractivity contribution >= 4 is 5.91 Å². The molecule has 1 saturated heterocycles. The molecule has 1 aromatic rings. The van der Waals surface area contributed by atoms with E-state index < -0.39 is 5.54 Å². The number of carbonyl (C=O) groups is 1. The molecule has 122 valence electrons. The molecule has 1 N–H and O–H groups in total. The first-order chi connectivity index (χ1) is 10.5. The summed E-state index contributed by atoms with van der Waals surface area (Å²) in [4.78, 5) is 14.9. The zero-order valence-electron chi connectivity index (χ0n) is 13.6. The Hall–Kier alpha value is -1.47. The van der Waals surface area contributed by atoms with Gasteiger partial charge in [-0.15, -0.1) is 5.10 Å². The van der Waals surface area contributed by atoms with Crippen molar-refractivity contribution < 1.29 is 9.53 Å². The Bertz CT molecular complexity index is 548. The SMILES string of the molecule is Cn1nnc2c1C[C@@H](NC(=O)C(C)(C)N1CCOCC1)CC2. The molecule has 0 spiro atoms. The third kappa shape index (κ3) is 2.87. The highest BCUT2D eigenvalue weighted by atomic mass is 16.5. The average Bonchev–Trinajstić information content (AvgIpc) is 2.89. The summed E-state index contributed by atoms with van der Waals surface area (Å²) < 4.78 is 7.20. The Morgan fingerprint density at radius 2 is 2.09 bits per heavy atom. The number of nitrogens with one attached hydrogen (secondary N) is 1. The molecule has 0 bridgehead atoms. The molecular weight excluding hydrogens is 282 g/mol. The number of morpholine rings is 1. The molecule has 1 aliphatic carbocycles. The van der Waals surface area contributed by atoms with Crippen molar-refractivity contribution in [2.75, 3.05) is 26.3 Å². The van der Waals surface area contributed by atoms with Crippen LogP contribution < -0.4 is 5.32 Å². The lowest BCUT2D eigenvalue weighted by Crippen LogP contribution is -2.59. The minimum Gasteiger partial charge on any atom is -0.379 e. The van der Waals surface area contributed by atoms with Gasteiger partial charge in [-0.05, 0) is 26.7 Å². The van der Waals surface area contributed by atoms with E-state index in [-0.39, 0.29) is 11.9 Å². The lowest BCUT2D eigenvalue weighted by molar-refractivity contribution is -0.135. The number of carbonyl (C=O) groups excluding carboxylic acids is 1. The molecule has 0 unspecified atom stereocenters. The Kier molecular flexibility index (Phi) is 4.18. The molecule has 0 aromatic carbocycles. The molecule has 1 amide bonds. The fraction of sp³-hybridized carbons (Fsp3) is 0.800. The maximum Gasteiger partial charge on any atom is 0.240 e. The molecule has 0 saturated carbocycles. The van der Waals surface area contributed by atoms with Crippen LogP contribution in [0.4, 0.5) is 0 Å². The van der Waals surface area contributed by atoms with E-state index in [9.17, 15) is 4.79 Å². The normalized spacial score (nSPS) is 23.1. The smallest absolute Gasteiger partial charge is 0.240 e. The molecule has 22 heavy (non-hydrogen) atoms. The molecule has 2 heterocycles. The zero-order chi connectivity index (χ0) is 15.7. The van der Waals surface area contributed by atoms with Crippen molar-refractivity contribution in [2.45, 2.75) is 44.7 Å². The molecule has 0 radical (unpaired) electrons. The predicted octanol–water partition coefficient (Wildman–Crippen LogP) is -0.101. The van der Waals surface area contributed by atoms with Crippen molar-refractivity contribution in [2.24, 2.45) is 7.05 Å². The minimum absolute atomic E-state index is 0.0953. The number of hydrogen-bond donors (Lipinski definition) is 1. The third-order valence-corrected chi connectivity index (χ3v) is 4.89. The van der Waals surface area contributed by atoms with Gasteiger partial charge in [-0.25, -0.2) is 0 Å². The van der Waals surface area contributed by atoms with Gasteiger partial charge in [0.1, 0.15) is 0 Å². The Morgan fingerprint density at radius 1 is 1.36 bits per heavy atom. The number of ether oxygens (including phenoxy) is 1. The van der Waals surface area contributed by atoms with Crippen LogP contribution in [0.2, 0.25) is 0 Å². The Balaban J connectivity index is 1.63. The summed E-state index contributed by atoms with van der Waals surface area (Å²) in [7, 11) is 1.91. The zero-order valence-corrected chi connectivity index (χ0v) is 13.6. The van der Waals surface area contributed by atoms with Crippen LogP contribution >= 0.6 is 0 Å². The predicted molar refractivity (Wildman–Crippen MR) is 81.4 cm³/mol. The molecule has 1 fully saturated rings. The van der Waals surface area contributed by atoms with E-state index in [1.54, 1.807) is 0 Å². The van der Waals surface area contributed by atoms with Crippen LogP contribution in [0.25, 0.3) is 0 Å². The van der Waals surface area contributed by atoms with Crippen LogP contribution in [-0.4, -0.2) is 63.7 Å². The van der Waals surface area contributed by atoms with Crippen LogP contribution in [0, 0.1) is 0 Å². The second-order valence-electron chi connectivity index (χ2n) is 6.68. The van der Waals surface area contributed by atoms with Gasteiger partial charge in [0, 0.05) is 32.6 Å². The van der Waals surface area contributed by atoms with Crippen molar-refractivity contribution in [3.8, 4) is 0 Å². The lowest BCUT2D eigenvalue weighted by atomic mass is 9.94. The number of hydrogen-bond acceptors (Lipinski definition) is 5. The monoisotopic (exact) mass is 307 g/mol. The summed E-state index contributed by atoms with van der Waals surface area (Å²) in [6.07, 6.45) is 2.62. The Morgan fingerprint density at radius 3 is 2.82 bits per heavy atom. The molecule has 7 nitrogen and oxygen atoms in total. The first kappa shape index (κ1) is 15.4. The second kappa shape index (κ2) is 5.96. The molecule has 3 rings (SSSR count). The number of nitrogens with zero attached hydrogens (tertiary/aromatic N) is 4. The van der Waals surface area contributed by atoms with Gasteiger partial charge >= 0.3 is 0 Å². The molecule has 1 aromatic heterocycles. The summed E-state index contributed by atoms with van der Waals surface area (Å²) in [6, 6.07) is 0.164. The lowest BCUT2D eigenvalue weighted by Gasteiger charge is -2.40. The molecule has 7 heteroatoms. The summed E-state index contributed by atoms with van der Waals surface area (Å²) in [5, 5.41) is 11.5. The van der Waals surface area contributed by atoms with E-state index in [1.165, 1.54) is 0 Å². The van der Waals surface area contributed by atoms with Crippen LogP contribution in [0.1, 0.15) is 31.7 Å². The van der Waals surface area contributed by atoms with Gasteiger partial charge in [0.15, 0.2) is 0 Å². The fourth-order valence-electron chi connectivity index (χ4n) is 3.26. The number of aromatic nitrogens is 3. The molecular formula is C15H25N5O2. The van der Waals surface area contributed by atoms with Crippen LogP contribution in [0.3, 0.4) is 0 Å². The molecule has 1 aliphatic heterocycles. The second-order valence-corrected chi connectivity index (χ2v) is 6.68. The third-order valence-electron chi connectivity index (χ3n) is 4.89. The summed E-state index contributed by atoms with van der Waals surface area (Å²) in [5.74, 6) is 0.0953.